The van der Waals surface area contributed by atoms with Crippen LogP contribution in [0.4, 0.5) is 0 Å². The van der Waals surface area contributed by atoms with E-state index in [0.29, 0.717) is 29.7 Å². The molecule has 2 aromatic rings. The highest BCUT2D eigenvalue weighted by Gasteiger charge is 2.27. The fourth-order valence-electron chi connectivity index (χ4n) is 3.46. The van der Waals surface area contributed by atoms with E-state index in [0.717, 1.165) is 37.1 Å². The van der Waals surface area contributed by atoms with Crippen molar-refractivity contribution in [3.8, 4) is 0 Å². The Morgan fingerprint density at radius 3 is 2.77 bits per heavy atom. The molecule has 1 aromatic carbocycles. The normalized spacial score (nSPS) is 14.5. The Hall–Kier alpha value is -1.78. The van der Waals surface area contributed by atoms with Crippen LogP contribution in [0.1, 0.15) is 37.1 Å². The molecule has 0 unspecified atom stereocenters. The van der Waals surface area contributed by atoms with Gasteiger partial charge in [-0.05, 0) is 30.5 Å². The van der Waals surface area contributed by atoms with Gasteiger partial charge in [0, 0.05) is 31.4 Å². The Bertz CT molecular complexity index is 781. The summed E-state index contributed by atoms with van der Waals surface area (Å²) in [6.07, 6.45) is 9.73. The maximum atomic E-state index is 12.8. The minimum Gasteiger partial charge on any atom is -0.331 e. The van der Waals surface area contributed by atoms with Crippen LogP contribution in [0, 0.1) is 5.92 Å². The van der Waals surface area contributed by atoms with E-state index in [4.69, 9.17) is 23.2 Å². The Labute approximate surface area is 164 Å². The molecule has 1 heterocycles. The molecule has 0 radical (unpaired) electrons. The van der Waals surface area contributed by atoms with Gasteiger partial charge < -0.3 is 9.47 Å². The molecule has 0 bridgehead atoms. The second-order valence-corrected chi connectivity index (χ2v) is 7.52. The molecule has 0 aliphatic heterocycles. The van der Waals surface area contributed by atoms with Crippen molar-refractivity contribution >= 4 is 29.1 Å². The van der Waals surface area contributed by atoms with Crippen LogP contribution in [0.3, 0.4) is 0 Å². The average molecular weight is 392 g/mol. The van der Waals surface area contributed by atoms with E-state index >= 15 is 0 Å². The summed E-state index contributed by atoms with van der Waals surface area (Å²) in [5.74, 6) is 1.21. The van der Waals surface area contributed by atoms with Gasteiger partial charge in [0.25, 0.3) is 0 Å². The number of carbonyl (C=O) groups excluding carboxylic acids is 1. The molecular formula is C20H23Cl2N3O. The Morgan fingerprint density at radius 1 is 1.31 bits per heavy atom. The van der Waals surface area contributed by atoms with Crippen LogP contribution < -0.4 is 0 Å². The van der Waals surface area contributed by atoms with Gasteiger partial charge in [0.15, 0.2) is 0 Å². The summed E-state index contributed by atoms with van der Waals surface area (Å²) in [6, 6.07) is 5.60. The van der Waals surface area contributed by atoms with E-state index in [2.05, 4.69) is 11.6 Å². The molecule has 1 fully saturated rings. The third kappa shape index (κ3) is 4.49. The van der Waals surface area contributed by atoms with Crippen molar-refractivity contribution in [1.29, 1.82) is 0 Å². The molecule has 1 amide bonds. The summed E-state index contributed by atoms with van der Waals surface area (Å²) in [5.41, 5.74) is 1.04. The van der Waals surface area contributed by atoms with Crippen molar-refractivity contribution in [3.63, 3.8) is 0 Å². The topological polar surface area (TPSA) is 38.1 Å². The minimum absolute atomic E-state index is 0.147. The summed E-state index contributed by atoms with van der Waals surface area (Å²) >= 11 is 12.1. The molecule has 26 heavy (non-hydrogen) atoms. The third-order valence-electron chi connectivity index (χ3n) is 4.84. The van der Waals surface area contributed by atoms with Crippen LogP contribution in [-0.4, -0.2) is 26.9 Å². The zero-order valence-corrected chi connectivity index (χ0v) is 16.2. The summed E-state index contributed by atoms with van der Waals surface area (Å²) in [5, 5.41) is 1.08. The van der Waals surface area contributed by atoms with Gasteiger partial charge in [-0.2, -0.15) is 0 Å². The van der Waals surface area contributed by atoms with Crippen LogP contribution in [0.25, 0.3) is 0 Å². The van der Waals surface area contributed by atoms with Crippen LogP contribution in [0.2, 0.25) is 10.0 Å². The van der Waals surface area contributed by atoms with Gasteiger partial charge >= 0.3 is 0 Å². The van der Waals surface area contributed by atoms with Crippen LogP contribution in [-0.2, 0) is 17.9 Å². The molecule has 0 spiro atoms. The van der Waals surface area contributed by atoms with Gasteiger partial charge in [0.2, 0.25) is 5.91 Å². The number of imidazole rings is 1. The zero-order valence-electron chi connectivity index (χ0n) is 14.7. The number of benzene rings is 1. The van der Waals surface area contributed by atoms with Crippen molar-refractivity contribution in [2.24, 2.45) is 5.92 Å². The first-order chi connectivity index (χ1) is 12.6. The van der Waals surface area contributed by atoms with E-state index in [1.165, 1.54) is 0 Å². The van der Waals surface area contributed by atoms with Gasteiger partial charge in [-0.15, -0.1) is 6.58 Å². The molecule has 3 rings (SSSR count). The lowest BCUT2D eigenvalue weighted by molar-refractivity contribution is -0.135. The van der Waals surface area contributed by atoms with Crippen LogP contribution in [0.5, 0.6) is 0 Å². The molecular weight excluding hydrogens is 369 g/mol. The monoisotopic (exact) mass is 391 g/mol. The second kappa shape index (κ2) is 8.74. The Kier molecular flexibility index (Phi) is 6.38. The number of carbonyl (C=O) groups is 1. The first kappa shape index (κ1) is 19.0. The van der Waals surface area contributed by atoms with Crippen LogP contribution in [0.15, 0.2) is 43.2 Å². The van der Waals surface area contributed by atoms with E-state index < -0.39 is 0 Å². The largest absolute Gasteiger partial charge is 0.331 e. The van der Waals surface area contributed by atoms with Crippen molar-refractivity contribution in [3.05, 3.63) is 64.7 Å². The lowest BCUT2D eigenvalue weighted by Gasteiger charge is -2.24. The number of rotatable bonds is 7. The number of halogens is 2. The first-order valence-corrected chi connectivity index (χ1v) is 9.67. The summed E-state index contributed by atoms with van der Waals surface area (Å²) in [6.45, 7) is 5.45. The first-order valence-electron chi connectivity index (χ1n) is 8.92. The fourth-order valence-corrected chi connectivity index (χ4v) is 3.78. The quantitative estimate of drug-likeness (QED) is 0.626. The second-order valence-electron chi connectivity index (χ2n) is 6.71. The maximum absolute atomic E-state index is 12.8. The molecule has 1 saturated carbocycles. The molecule has 138 valence electrons. The number of hydrogen-bond donors (Lipinski definition) is 0. The Balaban J connectivity index is 1.74. The zero-order chi connectivity index (χ0) is 18.5. The van der Waals surface area contributed by atoms with Gasteiger partial charge in [0.1, 0.15) is 5.82 Å². The summed E-state index contributed by atoms with van der Waals surface area (Å²) in [7, 11) is 0. The predicted molar refractivity (Wildman–Crippen MR) is 105 cm³/mol. The lowest BCUT2D eigenvalue weighted by atomic mass is 10.1. The Morgan fingerprint density at radius 2 is 2.08 bits per heavy atom. The van der Waals surface area contributed by atoms with Crippen molar-refractivity contribution in [2.45, 2.75) is 38.8 Å². The third-order valence-corrected chi connectivity index (χ3v) is 5.58. The number of amides is 1. The summed E-state index contributed by atoms with van der Waals surface area (Å²) < 4.78 is 2.04. The number of aromatic nitrogens is 2. The van der Waals surface area contributed by atoms with E-state index in [1.54, 1.807) is 18.3 Å². The highest BCUT2D eigenvalue weighted by atomic mass is 35.5. The van der Waals surface area contributed by atoms with Gasteiger partial charge in [0.05, 0.1) is 16.6 Å². The number of nitrogens with zero attached hydrogens (tertiary/aromatic N) is 3. The highest BCUT2D eigenvalue weighted by molar-refractivity contribution is 6.42. The molecule has 1 aliphatic carbocycles. The molecule has 4 nitrogen and oxygen atoms in total. The van der Waals surface area contributed by atoms with Gasteiger partial charge in [-0.3, -0.25) is 4.79 Å². The highest BCUT2D eigenvalue weighted by Crippen LogP contribution is 2.27. The SMILES string of the molecule is C=CCN(Cc1nccn1Cc1ccc(Cl)c(Cl)c1)C(=O)C1CCCC1. The molecule has 0 saturated heterocycles. The lowest BCUT2D eigenvalue weighted by Crippen LogP contribution is -2.35. The predicted octanol–water partition coefficient (Wildman–Crippen LogP) is 4.94. The molecule has 1 aliphatic rings. The van der Waals surface area contributed by atoms with Gasteiger partial charge in [-0.1, -0.05) is 48.2 Å². The molecule has 1 aromatic heterocycles. The minimum atomic E-state index is 0.147. The average Bonchev–Trinajstić information content (AvgIpc) is 3.30. The maximum Gasteiger partial charge on any atom is 0.226 e. The van der Waals surface area contributed by atoms with Crippen molar-refractivity contribution in [2.75, 3.05) is 6.54 Å². The summed E-state index contributed by atoms with van der Waals surface area (Å²) in [4.78, 5) is 19.1. The van der Waals surface area contributed by atoms with E-state index in [1.807, 2.05) is 27.8 Å². The van der Waals surface area contributed by atoms with Crippen molar-refractivity contribution in [1.82, 2.24) is 14.5 Å². The van der Waals surface area contributed by atoms with Gasteiger partial charge in [-0.25, -0.2) is 4.98 Å². The molecule has 0 atom stereocenters. The fraction of sp³-hybridized carbons (Fsp3) is 0.400. The smallest absolute Gasteiger partial charge is 0.226 e. The van der Waals surface area contributed by atoms with Crippen molar-refractivity contribution < 1.29 is 4.79 Å². The van der Waals surface area contributed by atoms with E-state index in [9.17, 15) is 4.79 Å². The van der Waals surface area contributed by atoms with E-state index in [-0.39, 0.29) is 11.8 Å². The standard InChI is InChI=1S/C20H23Cl2N3O/c1-2-10-25(20(26)16-5-3-4-6-16)14-19-23-9-11-24(19)13-15-7-8-17(21)18(22)12-15/h2,7-9,11-12,16H,1,3-6,10,13-14H2. The molecule has 6 heteroatoms. The molecule has 0 N–H and O–H groups in total. The van der Waals surface area contributed by atoms with Crippen LogP contribution >= 0.6 is 23.2 Å². The number of hydrogen-bond acceptors (Lipinski definition) is 2.